The van der Waals surface area contributed by atoms with Crippen molar-refractivity contribution in [2.75, 3.05) is 6.54 Å². The van der Waals surface area contributed by atoms with Gasteiger partial charge in [0.05, 0.1) is 11.8 Å². The van der Waals surface area contributed by atoms with Crippen LogP contribution in [-0.2, 0) is 14.4 Å². The molecule has 2 bridgehead atoms. The third-order valence-corrected chi connectivity index (χ3v) is 7.19. The van der Waals surface area contributed by atoms with Gasteiger partial charge in [0.15, 0.2) is 0 Å². The van der Waals surface area contributed by atoms with Crippen LogP contribution in [0.1, 0.15) is 12.0 Å². The zero-order valence-corrected chi connectivity index (χ0v) is 16.2. The van der Waals surface area contributed by atoms with Gasteiger partial charge in [0.25, 0.3) is 0 Å². The average molecular weight is 405 g/mol. The van der Waals surface area contributed by atoms with E-state index in [2.05, 4.69) is 12.2 Å². The summed E-state index contributed by atoms with van der Waals surface area (Å²) in [4.78, 5) is 51.0. The lowest BCUT2D eigenvalue weighted by Gasteiger charge is -2.37. The molecule has 0 radical (unpaired) electrons. The fourth-order valence-corrected chi connectivity index (χ4v) is 5.85. The van der Waals surface area contributed by atoms with Gasteiger partial charge in [-0.1, -0.05) is 12.2 Å². The Morgan fingerprint density at radius 3 is 2.40 bits per heavy atom. The summed E-state index contributed by atoms with van der Waals surface area (Å²) in [7, 11) is 0. The minimum Gasteiger partial charge on any atom is -0.425 e. The number of amides is 2. The van der Waals surface area contributed by atoms with Crippen LogP contribution >= 0.6 is 0 Å². The summed E-state index contributed by atoms with van der Waals surface area (Å²) in [6.07, 6.45) is 5.28. The summed E-state index contributed by atoms with van der Waals surface area (Å²) < 4.78 is 10.6. The van der Waals surface area contributed by atoms with Crippen LogP contribution in [0.4, 0.5) is 0 Å². The number of hydrogen-bond donors (Lipinski definition) is 0. The maximum absolute atomic E-state index is 13.0. The Morgan fingerprint density at radius 2 is 1.73 bits per heavy atom. The fourth-order valence-electron chi connectivity index (χ4n) is 5.85. The molecular formula is C23H19NO6. The number of allylic oxidation sites excluding steroid dienone is 2. The van der Waals surface area contributed by atoms with Crippen LogP contribution in [0.15, 0.2) is 45.6 Å². The van der Waals surface area contributed by atoms with Crippen molar-refractivity contribution in [2.24, 2.45) is 35.5 Å². The van der Waals surface area contributed by atoms with Crippen LogP contribution < -0.4 is 10.4 Å². The summed E-state index contributed by atoms with van der Waals surface area (Å²) in [6, 6.07) is 6.10. The Hall–Kier alpha value is -3.22. The number of aryl methyl sites for hydroxylation is 1. The molecule has 2 heterocycles. The number of benzene rings is 1. The zero-order valence-electron chi connectivity index (χ0n) is 16.2. The second-order valence-corrected chi connectivity index (χ2v) is 8.80. The van der Waals surface area contributed by atoms with Gasteiger partial charge in [0.1, 0.15) is 17.9 Å². The lowest BCUT2D eigenvalue weighted by molar-refractivity contribution is -0.148. The number of ether oxygens (including phenoxy) is 1. The highest BCUT2D eigenvalue weighted by Gasteiger charge is 2.67. The molecular weight excluding hydrogens is 386 g/mol. The highest BCUT2D eigenvalue weighted by molar-refractivity contribution is 6.08. The van der Waals surface area contributed by atoms with E-state index in [1.54, 1.807) is 12.1 Å². The molecule has 2 saturated carbocycles. The van der Waals surface area contributed by atoms with E-state index in [0.29, 0.717) is 17.4 Å². The van der Waals surface area contributed by atoms with Crippen molar-refractivity contribution in [3.05, 3.63) is 52.4 Å². The van der Waals surface area contributed by atoms with Gasteiger partial charge in [-0.25, -0.2) is 9.59 Å². The standard InChI is InChI=1S/C23H19NO6/c1-10-6-11(7-17-12(10)4-5-18(25)30-17)29-19(26)9-24-22(27)20-13-2-3-14(16-8-15(13)16)21(20)23(24)28/h2-7,13-16,20-21H,8-9H2,1H3/t13-,14-,15-,16-,20-,21+/m0/s1. The van der Waals surface area contributed by atoms with E-state index in [1.807, 2.05) is 6.92 Å². The molecule has 6 atom stereocenters. The summed E-state index contributed by atoms with van der Waals surface area (Å²) in [6.45, 7) is 1.40. The van der Waals surface area contributed by atoms with E-state index in [1.165, 1.54) is 12.1 Å². The summed E-state index contributed by atoms with van der Waals surface area (Å²) in [5.74, 6) is -0.402. The maximum atomic E-state index is 13.0. The number of carbonyl (C=O) groups is 3. The van der Waals surface area contributed by atoms with Crippen molar-refractivity contribution in [1.82, 2.24) is 4.90 Å². The predicted octanol–water partition coefficient (Wildman–Crippen LogP) is 2.06. The largest absolute Gasteiger partial charge is 0.425 e. The Morgan fingerprint density at radius 1 is 1.07 bits per heavy atom. The second kappa shape index (κ2) is 5.90. The van der Waals surface area contributed by atoms with E-state index < -0.39 is 18.1 Å². The first-order chi connectivity index (χ1) is 14.4. The SMILES string of the molecule is Cc1cc(OC(=O)CN2C(=O)[C@@H]3[C@H]4C=C[C@@H]([C@@H]5C[C@@H]45)[C@@H]3C2=O)cc2oc(=O)ccc12. The van der Waals surface area contributed by atoms with Crippen LogP contribution in [-0.4, -0.2) is 29.2 Å². The molecule has 4 aliphatic carbocycles. The number of imide groups is 1. The molecule has 1 aromatic heterocycles. The quantitative estimate of drug-likeness (QED) is 0.255. The molecule has 5 aliphatic rings. The van der Waals surface area contributed by atoms with Gasteiger partial charge >= 0.3 is 11.6 Å². The minimum absolute atomic E-state index is 0.119. The van der Waals surface area contributed by atoms with Crippen LogP contribution in [0, 0.1) is 42.4 Å². The molecule has 30 heavy (non-hydrogen) atoms. The van der Waals surface area contributed by atoms with Gasteiger partial charge in [-0.05, 0) is 54.7 Å². The highest BCUT2D eigenvalue weighted by atomic mass is 16.5. The molecule has 7 heteroatoms. The maximum Gasteiger partial charge on any atom is 0.336 e. The molecule has 1 aliphatic heterocycles. The summed E-state index contributed by atoms with van der Waals surface area (Å²) >= 11 is 0. The molecule has 7 rings (SSSR count). The monoisotopic (exact) mass is 405 g/mol. The Labute approximate surface area is 171 Å². The molecule has 3 fully saturated rings. The van der Waals surface area contributed by atoms with Crippen LogP contribution in [0.5, 0.6) is 5.75 Å². The lowest BCUT2D eigenvalue weighted by Crippen LogP contribution is -2.40. The summed E-state index contributed by atoms with van der Waals surface area (Å²) in [5.41, 5.74) is 0.592. The minimum atomic E-state index is -0.696. The number of likely N-dealkylation sites (tertiary alicyclic amines) is 1. The molecule has 0 spiro atoms. The van der Waals surface area contributed by atoms with Gasteiger partial charge in [-0.3, -0.25) is 14.5 Å². The number of hydrogen-bond acceptors (Lipinski definition) is 6. The summed E-state index contributed by atoms with van der Waals surface area (Å²) in [5, 5.41) is 0.741. The zero-order chi connectivity index (χ0) is 20.7. The molecule has 1 aromatic carbocycles. The van der Waals surface area contributed by atoms with Crippen molar-refractivity contribution < 1.29 is 23.5 Å². The van der Waals surface area contributed by atoms with Crippen molar-refractivity contribution in [2.45, 2.75) is 13.3 Å². The molecule has 152 valence electrons. The number of fused-ring (bicyclic) bond motifs is 1. The number of rotatable bonds is 3. The molecule has 7 nitrogen and oxygen atoms in total. The Kier molecular flexibility index (Phi) is 3.47. The van der Waals surface area contributed by atoms with Crippen molar-refractivity contribution in [1.29, 1.82) is 0 Å². The third-order valence-electron chi connectivity index (χ3n) is 7.19. The predicted molar refractivity (Wildman–Crippen MR) is 104 cm³/mol. The normalized spacial score (nSPS) is 33.0. The number of carbonyl (C=O) groups excluding carboxylic acids is 3. The van der Waals surface area contributed by atoms with Gasteiger partial charge in [0, 0.05) is 17.5 Å². The molecule has 1 saturated heterocycles. The van der Waals surface area contributed by atoms with E-state index >= 15 is 0 Å². The van der Waals surface area contributed by atoms with E-state index in [-0.39, 0.29) is 41.2 Å². The number of nitrogens with zero attached hydrogens (tertiary/aromatic N) is 1. The van der Waals surface area contributed by atoms with E-state index in [9.17, 15) is 19.2 Å². The molecule has 0 unspecified atom stereocenters. The third kappa shape index (κ3) is 2.38. The smallest absolute Gasteiger partial charge is 0.336 e. The Bertz CT molecular complexity index is 1190. The lowest BCUT2D eigenvalue weighted by atomic mass is 9.63. The average Bonchev–Trinajstić information content (AvgIpc) is 3.49. The molecule has 2 amide bonds. The fraction of sp³-hybridized carbons (Fsp3) is 0.391. The molecule has 0 N–H and O–H groups in total. The number of esters is 1. The second-order valence-electron chi connectivity index (χ2n) is 8.80. The first-order valence-corrected chi connectivity index (χ1v) is 10.2. The van der Waals surface area contributed by atoms with Gasteiger partial charge < -0.3 is 9.15 Å². The van der Waals surface area contributed by atoms with E-state index in [4.69, 9.17) is 9.15 Å². The highest BCUT2D eigenvalue weighted by Crippen LogP contribution is 2.65. The van der Waals surface area contributed by atoms with E-state index in [0.717, 1.165) is 22.3 Å². The van der Waals surface area contributed by atoms with Crippen molar-refractivity contribution in [3.8, 4) is 5.75 Å². The Balaban J connectivity index is 1.22. The molecule has 2 aromatic rings. The van der Waals surface area contributed by atoms with Crippen molar-refractivity contribution >= 4 is 28.8 Å². The van der Waals surface area contributed by atoms with Gasteiger partial charge in [-0.2, -0.15) is 0 Å². The van der Waals surface area contributed by atoms with Gasteiger partial charge in [-0.15, -0.1) is 0 Å². The first-order valence-electron chi connectivity index (χ1n) is 10.2. The van der Waals surface area contributed by atoms with Gasteiger partial charge in [0.2, 0.25) is 11.8 Å². The van der Waals surface area contributed by atoms with Crippen LogP contribution in [0.3, 0.4) is 0 Å². The van der Waals surface area contributed by atoms with Crippen molar-refractivity contribution in [3.63, 3.8) is 0 Å². The topological polar surface area (TPSA) is 93.9 Å². The van der Waals surface area contributed by atoms with Crippen LogP contribution in [0.25, 0.3) is 11.0 Å². The van der Waals surface area contributed by atoms with Crippen LogP contribution in [0.2, 0.25) is 0 Å². The first kappa shape index (κ1) is 17.6.